The van der Waals surface area contributed by atoms with E-state index >= 15 is 0 Å². The second kappa shape index (κ2) is 5.54. The molecule has 1 unspecified atom stereocenters. The number of anilines is 1. The molecule has 0 aliphatic heterocycles. The Bertz CT molecular complexity index is 480. The smallest absolute Gasteiger partial charge is 0.105 e. The molecule has 1 aromatic carbocycles. The van der Waals surface area contributed by atoms with Crippen molar-refractivity contribution in [2.24, 2.45) is 0 Å². The van der Waals surface area contributed by atoms with E-state index in [1.54, 1.807) is 6.07 Å². The molecule has 1 atom stereocenters. The van der Waals surface area contributed by atoms with Gasteiger partial charge in [0.15, 0.2) is 0 Å². The third kappa shape index (κ3) is 3.46. The minimum Gasteiger partial charge on any atom is -0.386 e. The Morgan fingerprint density at radius 3 is 2.53 bits per heavy atom. The van der Waals surface area contributed by atoms with Gasteiger partial charge in [-0.2, -0.15) is 0 Å². The first-order valence-electron chi connectivity index (χ1n) is 5.39. The fourth-order valence-corrected chi connectivity index (χ4v) is 2.54. The zero-order valence-electron chi connectivity index (χ0n) is 9.48. The Morgan fingerprint density at radius 2 is 1.94 bits per heavy atom. The molecule has 17 heavy (non-hydrogen) atoms. The van der Waals surface area contributed by atoms with Crippen molar-refractivity contribution < 1.29 is 5.11 Å². The molecule has 0 aliphatic rings. The molecule has 1 heterocycles. The number of aliphatic hydroxyl groups is 1. The van der Waals surface area contributed by atoms with Crippen LogP contribution in [0.2, 0.25) is 4.34 Å². The van der Waals surface area contributed by atoms with Crippen molar-refractivity contribution in [2.45, 2.75) is 13.0 Å². The lowest BCUT2D eigenvalue weighted by molar-refractivity contribution is 0.195. The van der Waals surface area contributed by atoms with Crippen LogP contribution in [0.25, 0.3) is 0 Å². The van der Waals surface area contributed by atoms with Gasteiger partial charge in [-0.05, 0) is 31.2 Å². The third-order valence-corrected chi connectivity index (χ3v) is 3.81. The van der Waals surface area contributed by atoms with Crippen LogP contribution in [0.4, 0.5) is 5.69 Å². The lowest BCUT2D eigenvalue weighted by Gasteiger charge is -2.11. The number of hydrogen-bond donors (Lipinski definition) is 2. The van der Waals surface area contributed by atoms with Crippen LogP contribution in [0.15, 0.2) is 36.4 Å². The van der Waals surface area contributed by atoms with Gasteiger partial charge < -0.3 is 10.4 Å². The number of aliphatic hydroxyl groups excluding tert-OH is 1. The molecule has 2 nitrogen and oxygen atoms in total. The van der Waals surface area contributed by atoms with Crippen molar-refractivity contribution in [3.63, 3.8) is 0 Å². The van der Waals surface area contributed by atoms with E-state index in [1.807, 2.05) is 37.3 Å². The summed E-state index contributed by atoms with van der Waals surface area (Å²) in [6.07, 6.45) is -0.520. The zero-order chi connectivity index (χ0) is 12.3. The van der Waals surface area contributed by atoms with Crippen LogP contribution in [0.3, 0.4) is 0 Å². The highest BCUT2D eigenvalue weighted by molar-refractivity contribution is 7.16. The topological polar surface area (TPSA) is 32.3 Å². The van der Waals surface area contributed by atoms with E-state index in [4.69, 9.17) is 11.6 Å². The fraction of sp³-hybridized carbons (Fsp3) is 0.231. The van der Waals surface area contributed by atoms with Crippen LogP contribution >= 0.6 is 22.9 Å². The summed E-state index contributed by atoms with van der Waals surface area (Å²) < 4.78 is 0.703. The molecule has 2 rings (SSSR count). The molecule has 0 spiro atoms. The lowest BCUT2D eigenvalue weighted by atomic mass is 10.2. The highest BCUT2D eigenvalue weighted by Crippen LogP contribution is 2.27. The zero-order valence-corrected chi connectivity index (χ0v) is 11.1. The summed E-state index contributed by atoms with van der Waals surface area (Å²) in [5.41, 5.74) is 2.23. The van der Waals surface area contributed by atoms with Crippen molar-refractivity contribution in [3.05, 3.63) is 51.2 Å². The number of halogens is 1. The average Bonchev–Trinajstić information content (AvgIpc) is 2.75. The lowest BCUT2D eigenvalue weighted by Crippen LogP contribution is -2.10. The minimum atomic E-state index is -0.520. The van der Waals surface area contributed by atoms with Gasteiger partial charge in [-0.1, -0.05) is 29.3 Å². The average molecular weight is 268 g/mol. The maximum absolute atomic E-state index is 9.94. The molecule has 1 aromatic heterocycles. The number of hydrogen-bond acceptors (Lipinski definition) is 3. The number of nitrogens with one attached hydrogen (secondary N) is 1. The van der Waals surface area contributed by atoms with Gasteiger partial charge in [0.1, 0.15) is 6.10 Å². The third-order valence-electron chi connectivity index (χ3n) is 2.47. The van der Waals surface area contributed by atoms with Gasteiger partial charge in [-0.3, -0.25) is 0 Å². The molecule has 2 aromatic rings. The summed E-state index contributed by atoms with van der Waals surface area (Å²) >= 11 is 7.23. The molecule has 4 heteroatoms. The second-order valence-corrected chi connectivity index (χ2v) is 5.65. The first kappa shape index (κ1) is 12.4. The molecule has 0 fully saturated rings. The first-order valence-corrected chi connectivity index (χ1v) is 6.58. The van der Waals surface area contributed by atoms with Crippen LogP contribution < -0.4 is 5.32 Å². The molecule has 0 saturated carbocycles. The molecular weight excluding hydrogens is 254 g/mol. The summed E-state index contributed by atoms with van der Waals surface area (Å²) in [5.74, 6) is 0. The fourth-order valence-electron chi connectivity index (χ4n) is 1.49. The molecule has 0 aliphatic carbocycles. The van der Waals surface area contributed by atoms with Gasteiger partial charge in [-0.25, -0.2) is 0 Å². The SMILES string of the molecule is Cc1ccc(NCC(O)c2ccc(Cl)s2)cc1. The van der Waals surface area contributed by atoms with Crippen LogP contribution in [0.1, 0.15) is 16.5 Å². The normalized spacial score (nSPS) is 12.4. The second-order valence-electron chi connectivity index (χ2n) is 3.90. The quantitative estimate of drug-likeness (QED) is 0.882. The molecule has 0 bridgehead atoms. The number of aryl methyl sites for hydroxylation is 1. The minimum absolute atomic E-state index is 0.486. The summed E-state index contributed by atoms with van der Waals surface area (Å²) in [7, 11) is 0. The summed E-state index contributed by atoms with van der Waals surface area (Å²) in [6, 6.07) is 11.7. The van der Waals surface area contributed by atoms with Crippen LogP contribution in [-0.4, -0.2) is 11.7 Å². The predicted molar refractivity (Wildman–Crippen MR) is 74.0 cm³/mol. The van der Waals surface area contributed by atoms with Gasteiger partial charge in [0.05, 0.1) is 4.34 Å². The van der Waals surface area contributed by atoms with Crippen molar-refractivity contribution in [1.29, 1.82) is 0 Å². The molecule has 2 N–H and O–H groups in total. The van der Waals surface area contributed by atoms with Crippen molar-refractivity contribution >= 4 is 28.6 Å². The Labute approximate surface area is 110 Å². The molecular formula is C13H14ClNOS. The molecule has 90 valence electrons. The van der Waals surface area contributed by atoms with E-state index in [2.05, 4.69) is 5.32 Å². The number of thiophene rings is 1. The Kier molecular flexibility index (Phi) is 4.05. The maximum atomic E-state index is 9.94. The van der Waals surface area contributed by atoms with E-state index < -0.39 is 6.10 Å². The van der Waals surface area contributed by atoms with Gasteiger partial charge in [0.2, 0.25) is 0 Å². The van der Waals surface area contributed by atoms with E-state index in [0.717, 1.165) is 10.6 Å². The Hall–Kier alpha value is -1.03. The van der Waals surface area contributed by atoms with E-state index in [0.29, 0.717) is 10.9 Å². The maximum Gasteiger partial charge on any atom is 0.105 e. The highest BCUT2D eigenvalue weighted by atomic mass is 35.5. The largest absolute Gasteiger partial charge is 0.386 e. The van der Waals surface area contributed by atoms with Crippen molar-refractivity contribution in [3.8, 4) is 0 Å². The Morgan fingerprint density at radius 1 is 1.24 bits per heavy atom. The first-order chi connectivity index (χ1) is 8.15. The standard InChI is InChI=1S/C13H14ClNOS/c1-9-2-4-10(5-3-9)15-8-11(16)12-6-7-13(14)17-12/h2-7,11,15-16H,8H2,1H3. The van der Waals surface area contributed by atoms with Crippen LogP contribution in [0, 0.1) is 6.92 Å². The van der Waals surface area contributed by atoms with Crippen LogP contribution in [0.5, 0.6) is 0 Å². The summed E-state index contributed by atoms with van der Waals surface area (Å²) in [5, 5.41) is 13.1. The predicted octanol–water partition coefficient (Wildman–Crippen LogP) is 3.86. The van der Waals surface area contributed by atoms with Crippen LogP contribution in [-0.2, 0) is 0 Å². The van der Waals surface area contributed by atoms with Gasteiger partial charge >= 0.3 is 0 Å². The van der Waals surface area contributed by atoms with Crippen molar-refractivity contribution in [2.75, 3.05) is 11.9 Å². The Balaban J connectivity index is 1.92. The van der Waals surface area contributed by atoms with E-state index in [9.17, 15) is 5.11 Å². The number of benzene rings is 1. The molecule has 0 amide bonds. The summed E-state index contributed by atoms with van der Waals surface area (Å²) in [4.78, 5) is 0.884. The number of rotatable bonds is 4. The van der Waals surface area contributed by atoms with Crippen molar-refractivity contribution in [1.82, 2.24) is 0 Å². The summed E-state index contributed by atoms with van der Waals surface area (Å²) in [6.45, 7) is 2.53. The van der Waals surface area contributed by atoms with E-state index in [-0.39, 0.29) is 0 Å². The van der Waals surface area contributed by atoms with Gasteiger partial charge in [-0.15, -0.1) is 11.3 Å². The molecule has 0 saturated heterocycles. The van der Waals surface area contributed by atoms with E-state index in [1.165, 1.54) is 16.9 Å². The van der Waals surface area contributed by atoms with Gasteiger partial charge in [0.25, 0.3) is 0 Å². The molecule has 0 radical (unpaired) electrons. The van der Waals surface area contributed by atoms with Gasteiger partial charge in [0, 0.05) is 17.1 Å². The highest BCUT2D eigenvalue weighted by Gasteiger charge is 2.09. The monoisotopic (exact) mass is 267 g/mol.